The molecular formula is C26H24FNO3. The molecule has 3 aromatic rings. The number of aliphatic hydroxyl groups excluding tert-OH is 1. The summed E-state index contributed by atoms with van der Waals surface area (Å²) in [5, 5.41) is 12.7. The van der Waals surface area contributed by atoms with Gasteiger partial charge in [-0.25, -0.2) is 9.18 Å². The van der Waals surface area contributed by atoms with Crippen molar-refractivity contribution < 1.29 is 19.0 Å². The molecule has 0 aliphatic heterocycles. The SMILES string of the molecule is O=C(NC[C@]1(CO)C[C@H]1c1ccccc1F)OCC1c2ccccc2-c2ccccc21. The van der Waals surface area contributed by atoms with E-state index in [-0.39, 0.29) is 37.4 Å². The number of nitrogens with one attached hydrogen (secondary N) is 1. The predicted octanol–water partition coefficient (Wildman–Crippen LogP) is 4.83. The molecule has 0 saturated heterocycles. The number of benzene rings is 3. The normalized spacial score (nSPS) is 21.3. The fraction of sp³-hybridized carbons (Fsp3) is 0.269. The molecule has 0 aromatic heterocycles. The summed E-state index contributed by atoms with van der Waals surface area (Å²) in [6, 6.07) is 23.0. The molecule has 5 rings (SSSR count). The maximum Gasteiger partial charge on any atom is 0.407 e. The Morgan fingerprint density at radius 1 is 0.968 bits per heavy atom. The summed E-state index contributed by atoms with van der Waals surface area (Å²) in [5.41, 5.74) is 4.73. The van der Waals surface area contributed by atoms with Crippen molar-refractivity contribution in [3.63, 3.8) is 0 Å². The number of rotatable bonds is 6. The number of fused-ring (bicyclic) bond motifs is 3. The molecule has 2 aliphatic carbocycles. The van der Waals surface area contributed by atoms with Crippen LogP contribution in [0, 0.1) is 11.2 Å². The molecule has 2 atom stereocenters. The first kappa shape index (κ1) is 19.8. The van der Waals surface area contributed by atoms with Gasteiger partial charge in [0.05, 0.1) is 6.61 Å². The summed E-state index contributed by atoms with van der Waals surface area (Å²) in [6.07, 6.45) is 0.113. The lowest BCUT2D eigenvalue weighted by molar-refractivity contribution is 0.136. The summed E-state index contributed by atoms with van der Waals surface area (Å²) in [7, 11) is 0. The van der Waals surface area contributed by atoms with E-state index in [1.807, 2.05) is 24.3 Å². The second-order valence-corrected chi connectivity index (χ2v) is 8.48. The van der Waals surface area contributed by atoms with E-state index in [9.17, 15) is 14.3 Å². The van der Waals surface area contributed by atoms with Crippen molar-refractivity contribution in [2.45, 2.75) is 18.3 Å². The third-order valence-corrected chi connectivity index (χ3v) is 6.71. The van der Waals surface area contributed by atoms with Crippen molar-refractivity contribution in [3.8, 4) is 11.1 Å². The van der Waals surface area contributed by atoms with Crippen molar-refractivity contribution in [2.24, 2.45) is 5.41 Å². The van der Waals surface area contributed by atoms with Crippen LogP contribution in [0.5, 0.6) is 0 Å². The number of hydrogen-bond acceptors (Lipinski definition) is 3. The van der Waals surface area contributed by atoms with E-state index >= 15 is 0 Å². The molecule has 1 fully saturated rings. The van der Waals surface area contributed by atoms with Gasteiger partial charge in [-0.2, -0.15) is 0 Å². The second kappa shape index (κ2) is 7.82. The highest BCUT2D eigenvalue weighted by Crippen LogP contribution is 2.59. The van der Waals surface area contributed by atoms with Crippen LogP contribution in [0.15, 0.2) is 72.8 Å². The van der Waals surface area contributed by atoms with Gasteiger partial charge in [0, 0.05) is 17.9 Å². The van der Waals surface area contributed by atoms with Gasteiger partial charge in [0.1, 0.15) is 12.4 Å². The minimum atomic E-state index is -0.534. The molecule has 2 aliphatic rings. The summed E-state index contributed by atoms with van der Waals surface area (Å²) in [6.45, 7) is 0.373. The Hall–Kier alpha value is -3.18. The minimum Gasteiger partial charge on any atom is -0.449 e. The third-order valence-electron chi connectivity index (χ3n) is 6.71. The summed E-state index contributed by atoms with van der Waals surface area (Å²) in [5.74, 6) is -0.381. The molecule has 0 bridgehead atoms. The molecule has 0 heterocycles. The first-order valence-corrected chi connectivity index (χ1v) is 10.6. The topological polar surface area (TPSA) is 58.6 Å². The Morgan fingerprint density at radius 2 is 1.55 bits per heavy atom. The minimum absolute atomic E-state index is 0.00274. The molecule has 5 heteroatoms. The molecule has 2 N–H and O–H groups in total. The van der Waals surface area contributed by atoms with Crippen molar-refractivity contribution in [1.82, 2.24) is 5.32 Å². The van der Waals surface area contributed by atoms with Crippen LogP contribution >= 0.6 is 0 Å². The third kappa shape index (κ3) is 3.49. The number of ether oxygens (including phenoxy) is 1. The van der Waals surface area contributed by atoms with Crippen LogP contribution in [0.25, 0.3) is 11.1 Å². The van der Waals surface area contributed by atoms with Crippen LogP contribution < -0.4 is 5.32 Å². The Kier molecular flexibility index (Phi) is 4.98. The van der Waals surface area contributed by atoms with Crippen LogP contribution in [-0.4, -0.2) is 31.0 Å². The lowest BCUT2D eigenvalue weighted by atomic mass is 9.98. The highest BCUT2D eigenvalue weighted by molar-refractivity contribution is 5.79. The van der Waals surface area contributed by atoms with Gasteiger partial charge >= 0.3 is 6.09 Å². The number of aliphatic hydroxyl groups is 1. The van der Waals surface area contributed by atoms with Gasteiger partial charge < -0.3 is 15.2 Å². The molecule has 0 spiro atoms. The summed E-state index contributed by atoms with van der Waals surface area (Å²) >= 11 is 0. The van der Waals surface area contributed by atoms with Gasteiger partial charge in [-0.1, -0.05) is 66.7 Å². The van der Waals surface area contributed by atoms with Gasteiger partial charge in [0.25, 0.3) is 0 Å². The van der Waals surface area contributed by atoms with E-state index in [1.54, 1.807) is 18.2 Å². The summed E-state index contributed by atoms with van der Waals surface area (Å²) < 4.78 is 19.7. The Bertz CT molecular complexity index is 1090. The first-order chi connectivity index (χ1) is 15.1. The van der Waals surface area contributed by atoms with Crippen molar-refractivity contribution in [2.75, 3.05) is 19.8 Å². The number of halogens is 1. The number of hydrogen-bond donors (Lipinski definition) is 2. The van der Waals surface area contributed by atoms with E-state index < -0.39 is 11.5 Å². The van der Waals surface area contributed by atoms with Crippen molar-refractivity contribution in [1.29, 1.82) is 0 Å². The second-order valence-electron chi connectivity index (χ2n) is 8.48. The zero-order chi connectivity index (χ0) is 21.4. The van der Waals surface area contributed by atoms with Crippen molar-refractivity contribution in [3.05, 3.63) is 95.3 Å². The standard InChI is InChI=1S/C26H24FNO3/c27-24-12-6-5-11-21(24)23-13-26(23,16-29)15-28-25(30)31-14-22-19-9-3-1-7-17(19)18-8-2-4-10-20(18)22/h1-12,22-23,29H,13-16H2,(H,28,30)/t23-,26-/m0/s1. The van der Waals surface area contributed by atoms with Gasteiger partial charge in [-0.15, -0.1) is 0 Å². The van der Waals surface area contributed by atoms with E-state index in [0.717, 1.165) is 11.1 Å². The summed E-state index contributed by atoms with van der Waals surface area (Å²) in [4.78, 5) is 12.4. The highest BCUT2D eigenvalue weighted by Gasteiger charge is 2.55. The monoisotopic (exact) mass is 417 g/mol. The smallest absolute Gasteiger partial charge is 0.407 e. The van der Waals surface area contributed by atoms with E-state index in [0.29, 0.717) is 12.0 Å². The molecule has 31 heavy (non-hydrogen) atoms. The molecule has 4 nitrogen and oxygen atoms in total. The lowest BCUT2D eigenvalue weighted by Gasteiger charge is -2.18. The number of alkyl carbamates (subject to hydrolysis) is 1. The quantitative estimate of drug-likeness (QED) is 0.604. The predicted molar refractivity (Wildman–Crippen MR) is 116 cm³/mol. The fourth-order valence-electron chi connectivity index (χ4n) is 4.87. The van der Waals surface area contributed by atoms with Gasteiger partial charge in [0.2, 0.25) is 0 Å². The zero-order valence-electron chi connectivity index (χ0n) is 17.1. The number of carbonyl (C=O) groups is 1. The molecule has 158 valence electrons. The Labute approximate surface area is 180 Å². The molecular weight excluding hydrogens is 393 g/mol. The van der Waals surface area contributed by atoms with E-state index in [4.69, 9.17) is 4.74 Å². The van der Waals surface area contributed by atoms with E-state index in [2.05, 4.69) is 29.6 Å². The zero-order valence-corrected chi connectivity index (χ0v) is 17.1. The fourth-order valence-corrected chi connectivity index (χ4v) is 4.87. The highest BCUT2D eigenvalue weighted by atomic mass is 19.1. The molecule has 1 saturated carbocycles. The largest absolute Gasteiger partial charge is 0.449 e. The average Bonchev–Trinajstić information content (AvgIpc) is 3.44. The van der Waals surface area contributed by atoms with Crippen molar-refractivity contribution >= 4 is 6.09 Å². The number of amides is 1. The van der Waals surface area contributed by atoms with Crippen LogP contribution in [0.4, 0.5) is 9.18 Å². The average molecular weight is 417 g/mol. The van der Waals surface area contributed by atoms with Gasteiger partial charge in [-0.3, -0.25) is 0 Å². The molecule has 1 amide bonds. The van der Waals surface area contributed by atoms with Gasteiger partial charge in [0.15, 0.2) is 0 Å². The van der Waals surface area contributed by atoms with Crippen LogP contribution in [-0.2, 0) is 4.74 Å². The maximum atomic E-state index is 14.1. The maximum absolute atomic E-state index is 14.1. The molecule has 0 unspecified atom stereocenters. The van der Waals surface area contributed by atoms with Gasteiger partial charge in [-0.05, 0) is 46.2 Å². The first-order valence-electron chi connectivity index (χ1n) is 10.6. The van der Waals surface area contributed by atoms with E-state index in [1.165, 1.54) is 17.2 Å². The van der Waals surface area contributed by atoms with Crippen LogP contribution in [0.1, 0.15) is 34.9 Å². The molecule has 3 aromatic carbocycles. The van der Waals surface area contributed by atoms with Crippen LogP contribution in [0.3, 0.4) is 0 Å². The Balaban J connectivity index is 1.22. The Morgan fingerprint density at radius 3 is 2.16 bits per heavy atom. The lowest BCUT2D eigenvalue weighted by Crippen LogP contribution is -2.34. The molecule has 0 radical (unpaired) electrons. The van der Waals surface area contributed by atoms with Crippen LogP contribution in [0.2, 0.25) is 0 Å². The number of carbonyl (C=O) groups excluding carboxylic acids is 1.